The van der Waals surface area contributed by atoms with Gasteiger partial charge in [0.1, 0.15) is 11.6 Å². The van der Waals surface area contributed by atoms with Gasteiger partial charge in [-0.25, -0.2) is 4.39 Å². The molecule has 1 fully saturated rings. The fraction of sp³-hybridized carbons (Fsp3) is 0.263. The van der Waals surface area contributed by atoms with E-state index >= 15 is 0 Å². The van der Waals surface area contributed by atoms with Crippen molar-refractivity contribution in [2.75, 3.05) is 11.4 Å². The predicted molar refractivity (Wildman–Crippen MR) is 88.4 cm³/mol. The van der Waals surface area contributed by atoms with Crippen LogP contribution in [-0.2, 0) is 9.59 Å². The highest BCUT2D eigenvalue weighted by molar-refractivity contribution is 5.99. The first-order valence-electron chi connectivity index (χ1n) is 7.79. The van der Waals surface area contributed by atoms with E-state index < -0.39 is 11.9 Å². The number of rotatable bonds is 3. The summed E-state index contributed by atoms with van der Waals surface area (Å²) in [5, 5.41) is 0. The molecule has 1 aliphatic heterocycles. The molecule has 2 aromatic carbocycles. The topological polar surface area (TPSA) is 46.6 Å². The van der Waals surface area contributed by atoms with Crippen molar-refractivity contribution < 1.29 is 18.7 Å². The SMILES string of the molecule is Cc1cccc(OC(=O)[C@H]2CC(=O)N(c3ccc(F)cc3)C2)c1C. The van der Waals surface area contributed by atoms with Crippen molar-refractivity contribution in [3.05, 3.63) is 59.4 Å². The third kappa shape index (κ3) is 3.15. The summed E-state index contributed by atoms with van der Waals surface area (Å²) in [6.07, 6.45) is 0.0983. The average Bonchev–Trinajstić information content (AvgIpc) is 2.94. The summed E-state index contributed by atoms with van der Waals surface area (Å²) < 4.78 is 18.5. The molecule has 0 radical (unpaired) electrons. The van der Waals surface area contributed by atoms with Crippen LogP contribution in [0.1, 0.15) is 17.5 Å². The van der Waals surface area contributed by atoms with Gasteiger partial charge in [0, 0.05) is 18.7 Å². The van der Waals surface area contributed by atoms with Gasteiger partial charge in [0.2, 0.25) is 5.91 Å². The second-order valence-corrected chi connectivity index (χ2v) is 6.00. The maximum Gasteiger partial charge on any atom is 0.316 e. The monoisotopic (exact) mass is 327 g/mol. The van der Waals surface area contributed by atoms with E-state index in [1.807, 2.05) is 26.0 Å². The highest BCUT2D eigenvalue weighted by atomic mass is 19.1. The van der Waals surface area contributed by atoms with Crippen LogP contribution in [0.5, 0.6) is 5.75 Å². The highest BCUT2D eigenvalue weighted by Gasteiger charge is 2.36. The third-order valence-electron chi connectivity index (χ3n) is 4.36. The van der Waals surface area contributed by atoms with Crippen LogP contribution in [0, 0.1) is 25.6 Å². The Labute approximate surface area is 139 Å². The van der Waals surface area contributed by atoms with Crippen LogP contribution in [0.15, 0.2) is 42.5 Å². The van der Waals surface area contributed by atoms with Gasteiger partial charge in [0.15, 0.2) is 0 Å². The summed E-state index contributed by atoms with van der Waals surface area (Å²) in [5.41, 5.74) is 2.53. The second kappa shape index (κ2) is 6.43. The number of aryl methyl sites for hydroxylation is 1. The first-order chi connectivity index (χ1) is 11.5. The van der Waals surface area contributed by atoms with Gasteiger partial charge >= 0.3 is 5.97 Å². The summed E-state index contributed by atoms with van der Waals surface area (Å²) in [7, 11) is 0. The smallest absolute Gasteiger partial charge is 0.316 e. The van der Waals surface area contributed by atoms with Crippen LogP contribution < -0.4 is 9.64 Å². The van der Waals surface area contributed by atoms with Gasteiger partial charge < -0.3 is 9.64 Å². The number of hydrogen-bond acceptors (Lipinski definition) is 3. The Morgan fingerprint density at radius 2 is 1.88 bits per heavy atom. The zero-order chi connectivity index (χ0) is 17.3. The normalized spacial score (nSPS) is 17.2. The largest absolute Gasteiger partial charge is 0.426 e. The second-order valence-electron chi connectivity index (χ2n) is 6.00. The van der Waals surface area contributed by atoms with E-state index in [9.17, 15) is 14.0 Å². The van der Waals surface area contributed by atoms with Gasteiger partial charge in [-0.1, -0.05) is 12.1 Å². The summed E-state index contributed by atoms with van der Waals surface area (Å²) in [4.78, 5) is 26.1. The number of benzene rings is 2. The third-order valence-corrected chi connectivity index (χ3v) is 4.36. The summed E-state index contributed by atoms with van der Waals surface area (Å²) in [6, 6.07) is 11.2. The van der Waals surface area contributed by atoms with E-state index in [-0.39, 0.29) is 24.7 Å². The molecule has 0 unspecified atom stereocenters. The molecule has 0 saturated carbocycles. The van der Waals surface area contributed by atoms with Crippen molar-refractivity contribution in [2.24, 2.45) is 5.92 Å². The minimum atomic E-state index is -0.525. The Morgan fingerprint density at radius 3 is 2.58 bits per heavy atom. The fourth-order valence-electron chi connectivity index (χ4n) is 2.76. The zero-order valence-electron chi connectivity index (χ0n) is 13.6. The van der Waals surface area contributed by atoms with E-state index in [4.69, 9.17) is 4.74 Å². The van der Waals surface area contributed by atoms with Crippen LogP contribution in [0.3, 0.4) is 0 Å². The number of halogens is 1. The Kier molecular flexibility index (Phi) is 4.34. The van der Waals surface area contributed by atoms with E-state index in [2.05, 4.69) is 0 Å². The molecule has 24 heavy (non-hydrogen) atoms. The summed E-state index contributed by atoms with van der Waals surface area (Å²) >= 11 is 0. The van der Waals surface area contributed by atoms with Crippen molar-refractivity contribution in [1.82, 2.24) is 0 Å². The maximum absolute atomic E-state index is 13.0. The number of anilines is 1. The minimum Gasteiger partial charge on any atom is -0.426 e. The molecular formula is C19H18FNO3. The zero-order valence-corrected chi connectivity index (χ0v) is 13.6. The Bertz CT molecular complexity index is 786. The molecule has 0 spiro atoms. The number of carbonyl (C=O) groups is 2. The Balaban J connectivity index is 1.72. The van der Waals surface area contributed by atoms with Crippen molar-refractivity contribution in [2.45, 2.75) is 20.3 Å². The molecule has 0 bridgehead atoms. The van der Waals surface area contributed by atoms with Crippen molar-refractivity contribution in [3.63, 3.8) is 0 Å². The lowest BCUT2D eigenvalue weighted by Gasteiger charge is -2.16. The van der Waals surface area contributed by atoms with Crippen LogP contribution in [-0.4, -0.2) is 18.4 Å². The number of hydrogen-bond donors (Lipinski definition) is 0. The van der Waals surface area contributed by atoms with Gasteiger partial charge in [-0.2, -0.15) is 0 Å². The van der Waals surface area contributed by atoms with Gasteiger partial charge in [-0.3, -0.25) is 9.59 Å². The molecule has 1 heterocycles. The van der Waals surface area contributed by atoms with Gasteiger partial charge in [-0.15, -0.1) is 0 Å². The van der Waals surface area contributed by atoms with E-state index in [1.165, 1.54) is 29.2 Å². The molecular weight excluding hydrogens is 309 g/mol. The lowest BCUT2D eigenvalue weighted by atomic mass is 10.1. The fourth-order valence-corrected chi connectivity index (χ4v) is 2.76. The molecule has 124 valence electrons. The Hall–Kier alpha value is -2.69. The van der Waals surface area contributed by atoms with Gasteiger partial charge in [0.05, 0.1) is 5.92 Å². The van der Waals surface area contributed by atoms with Crippen LogP contribution in [0.2, 0.25) is 0 Å². The van der Waals surface area contributed by atoms with Gasteiger partial charge in [0.25, 0.3) is 0 Å². The standard InChI is InChI=1S/C19H18FNO3/c1-12-4-3-5-17(13(12)2)24-19(23)14-10-18(22)21(11-14)16-8-6-15(20)7-9-16/h3-9,14H,10-11H2,1-2H3/t14-/m0/s1. The number of ether oxygens (including phenoxy) is 1. The molecule has 5 heteroatoms. The average molecular weight is 327 g/mol. The quantitative estimate of drug-likeness (QED) is 0.641. The summed E-state index contributed by atoms with van der Waals surface area (Å²) in [5.74, 6) is -0.947. The molecule has 1 saturated heterocycles. The molecule has 0 N–H and O–H groups in total. The van der Waals surface area contributed by atoms with Gasteiger partial charge in [-0.05, 0) is 55.3 Å². The first kappa shape index (κ1) is 16.2. The Morgan fingerprint density at radius 1 is 1.17 bits per heavy atom. The minimum absolute atomic E-state index is 0.0983. The van der Waals surface area contributed by atoms with Crippen LogP contribution in [0.25, 0.3) is 0 Å². The van der Waals surface area contributed by atoms with Crippen LogP contribution in [0.4, 0.5) is 10.1 Å². The highest BCUT2D eigenvalue weighted by Crippen LogP contribution is 2.28. The molecule has 3 rings (SSSR count). The molecule has 4 nitrogen and oxygen atoms in total. The number of esters is 1. The first-order valence-corrected chi connectivity index (χ1v) is 7.79. The molecule has 1 atom stereocenters. The molecule has 1 aliphatic rings. The summed E-state index contributed by atoms with van der Waals surface area (Å²) in [6.45, 7) is 4.08. The van der Waals surface area contributed by atoms with E-state index in [0.717, 1.165) is 11.1 Å². The van der Waals surface area contributed by atoms with Crippen molar-refractivity contribution in [3.8, 4) is 5.75 Å². The molecule has 1 amide bonds. The lowest BCUT2D eigenvalue weighted by molar-refractivity contribution is -0.139. The van der Waals surface area contributed by atoms with E-state index in [0.29, 0.717) is 11.4 Å². The molecule has 2 aromatic rings. The number of carbonyl (C=O) groups excluding carboxylic acids is 2. The van der Waals surface area contributed by atoms with E-state index in [1.54, 1.807) is 6.07 Å². The number of amides is 1. The predicted octanol–water partition coefficient (Wildman–Crippen LogP) is 3.40. The van der Waals surface area contributed by atoms with Crippen molar-refractivity contribution in [1.29, 1.82) is 0 Å². The molecule has 0 aromatic heterocycles. The number of nitrogens with zero attached hydrogens (tertiary/aromatic N) is 1. The maximum atomic E-state index is 13.0. The molecule has 0 aliphatic carbocycles. The lowest BCUT2D eigenvalue weighted by Crippen LogP contribution is -2.27. The van der Waals surface area contributed by atoms with Crippen molar-refractivity contribution >= 4 is 17.6 Å². The van der Waals surface area contributed by atoms with Crippen LogP contribution >= 0.6 is 0 Å².